The number of methoxy groups -OCH3 is 1. The van der Waals surface area contributed by atoms with E-state index in [4.69, 9.17) is 21.1 Å². The van der Waals surface area contributed by atoms with Gasteiger partial charge in [0, 0.05) is 31.3 Å². The molecule has 0 bridgehead atoms. The second-order valence-electron chi connectivity index (χ2n) is 3.45. The van der Waals surface area contributed by atoms with E-state index in [1.54, 1.807) is 13.2 Å². The molecule has 4 heteroatoms. The molecule has 94 valence electrons. The molecule has 0 saturated carbocycles. The summed E-state index contributed by atoms with van der Waals surface area (Å²) in [6.07, 6.45) is 1.76. The molecule has 0 aromatic heterocycles. The van der Waals surface area contributed by atoms with Gasteiger partial charge in [-0.1, -0.05) is 29.8 Å². The minimum absolute atomic E-state index is 0.485. The summed E-state index contributed by atoms with van der Waals surface area (Å²) >= 11 is 5.44. The molecule has 0 spiro atoms. The molecule has 3 nitrogen and oxygen atoms in total. The first-order valence-electron chi connectivity index (χ1n) is 5.54. The van der Waals surface area contributed by atoms with E-state index in [1.165, 1.54) is 5.54 Å². The third-order valence-corrected chi connectivity index (χ3v) is 2.37. The van der Waals surface area contributed by atoms with E-state index in [9.17, 15) is 0 Å². The van der Waals surface area contributed by atoms with Crippen molar-refractivity contribution in [2.24, 2.45) is 0 Å². The van der Waals surface area contributed by atoms with Crippen molar-refractivity contribution in [3.63, 3.8) is 0 Å². The van der Waals surface area contributed by atoms with Crippen LogP contribution in [0.4, 0.5) is 0 Å². The maximum Gasteiger partial charge on any atom is 0.124 e. The highest BCUT2D eigenvalue weighted by Crippen LogP contribution is 2.17. The Balaban J connectivity index is 2.45. The van der Waals surface area contributed by atoms with Crippen molar-refractivity contribution in [2.75, 3.05) is 26.9 Å². The van der Waals surface area contributed by atoms with Crippen LogP contribution in [0.25, 0.3) is 0 Å². The van der Waals surface area contributed by atoms with E-state index in [-0.39, 0.29) is 0 Å². The van der Waals surface area contributed by atoms with Crippen molar-refractivity contribution in [1.29, 1.82) is 0 Å². The highest BCUT2D eigenvalue weighted by molar-refractivity contribution is 6.25. The molecule has 0 aliphatic rings. The van der Waals surface area contributed by atoms with E-state index < -0.39 is 0 Å². The molecule has 0 radical (unpaired) electrons. The third-order valence-electron chi connectivity index (χ3n) is 2.20. The molecule has 1 N–H and O–H groups in total. The standard InChI is InChI=1S/C13H18ClNO2/c1-16-10-8-15-11-12-5-2-3-6-13(12)17-9-4-7-14/h2-7,15H,8-11H2,1H3/b7-4+. The Bertz CT molecular complexity index is 342. The Morgan fingerprint density at radius 2 is 2.18 bits per heavy atom. The normalized spacial score (nSPS) is 10.9. The molecule has 17 heavy (non-hydrogen) atoms. The van der Waals surface area contributed by atoms with Crippen LogP contribution in [0.15, 0.2) is 35.9 Å². The van der Waals surface area contributed by atoms with Gasteiger partial charge in [0.05, 0.1) is 6.61 Å². The fourth-order valence-corrected chi connectivity index (χ4v) is 1.43. The van der Waals surface area contributed by atoms with Crippen LogP contribution >= 0.6 is 11.6 Å². The minimum atomic E-state index is 0.485. The van der Waals surface area contributed by atoms with Crippen molar-refractivity contribution in [1.82, 2.24) is 5.32 Å². The summed E-state index contributed by atoms with van der Waals surface area (Å²) in [5.41, 5.74) is 2.59. The lowest BCUT2D eigenvalue weighted by Crippen LogP contribution is -2.19. The first kappa shape index (κ1) is 14.0. The van der Waals surface area contributed by atoms with Gasteiger partial charge in [-0.3, -0.25) is 0 Å². The van der Waals surface area contributed by atoms with E-state index in [0.717, 1.165) is 24.4 Å². The van der Waals surface area contributed by atoms with Crippen molar-refractivity contribution >= 4 is 11.6 Å². The predicted molar refractivity (Wildman–Crippen MR) is 70.5 cm³/mol. The maximum absolute atomic E-state index is 5.59. The number of para-hydroxylation sites is 1. The Labute approximate surface area is 107 Å². The van der Waals surface area contributed by atoms with Gasteiger partial charge in [-0.2, -0.15) is 0 Å². The van der Waals surface area contributed by atoms with Crippen LogP contribution in [0.1, 0.15) is 5.56 Å². The zero-order chi connectivity index (χ0) is 12.3. The maximum atomic E-state index is 5.59. The van der Waals surface area contributed by atoms with Gasteiger partial charge in [-0.25, -0.2) is 0 Å². The second-order valence-corrected chi connectivity index (χ2v) is 3.70. The largest absolute Gasteiger partial charge is 0.489 e. The summed E-state index contributed by atoms with van der Waals surface area (Å²) in [6, 6.07) is 7.95. The number of ether oxygens (including phenoxy) is 2. The molecule has 0 fully saturated rings. The van der Waals surface area contributed by atoms with Crippen LogP contribution in [0.3, 0.4) is 0 Å². The van der Waals surface area contributed by atoms with Crippen LogP contribution in [0.5, 0.6) is 5.75 Å². The molecule has 0 heterocycles. The quantitative estimate of drug-likeness (QED) is 0.725. The number of benzene rings is 1. The molecule has 0 aliphatic carbocycles. The van der Waals surface area contributed by atoms with Crippen molar-refractivity contribution in [2.45, 2.75) is 6.54 Å². The van der Waals surface area contributed by atoms with Gasteiger partial charge in [-0.15, -0.1) is 0 Å². The molecular formula is C13H18ClNO2. The molecule has 0 aliphatic heterocycles. The third kappa shape index (κ3) is 5.73. The zero-order valence-electron chi connectivity index (χ0n) is 9.99. The van der Waals surface area contributed by atoms with Crippen LogP contribution in [0, 0.1) is 0 Å². The molecule has 0 atom stereocenters. The first-order chi connectivity index (χ1) is 8.38. The fraction of sp³-hybridized carbons (Fsp3) is 0.385. The summed E-state index contributed by atoms with van der Waals surface area (Å²) in [4.78, 5) is 0. The molecule has 1 rings (SSSR count). The van der Waals surface area contributed by atoms with Crippen molar-refractivity contribution in [3.05, 3.63) is 41.4 Å². The zero-order valence-corrected chi connectivity index (χ0v) is 10.7. The van der Waals surface area contributed by atoms with E-state index in [0.29, 0.717) is 13.2 Å². The Hall–Kier alpha value is -1.03. The lowest BCUT2D eigenvalue weighted by molar-refractivity contribution is 0.199. The van der Waals surface area contributed by atoms with E-state index in [1.807, 2.05) is 24.3 Å². The summed E-state index contributed by atoms with van der Waals surface area (Å²) < 4.78 is 10.6. The van der Waals surface area contributed by atoms with Crippen LogP contribution < -0.4 is 10.1 Å². The van der Waals surface area contributed by atoms with Crippen LogP contribution in [0.2, 0.25) is 0 Å². The van der Waals surface area contributed by atoms with Gasteiger partial charge in [0.15, 0.2) is 0 Å². The SMILES string of the molecule is COCCNCc1ccccc1OC/C=C/Cl. The van der Waals surface area contributed by atoms with Gasteiger partial charge in [0.1, 0.15) is 12.4 Å². The number of halogens is 1. The second kappa shape index (κ2) is 9.05. The highest BCUT2D eigenvalue weighted by Gasteiger charge is 2.01. The predicted octanol–water partition coefficient (Wildman–Crippen LogP) is 2.55. The number of hydrogen-bond donors (Lipinski definition) is 1. The molecular weight excluding hydrogens is 238 g/mol. The molecule has 1 aromatic carbocycles. The smallest absolute Gasteiger partial charge is 0.124 e. The van der Waals surface area contributed by atoms with Gasteiger partial charge < -0.3 is 14.8 Å². The van der Waals surface area contributed by atoms with Gasteiger partial charge in [0.25, 0.3) is 0 Å². The summed E-state index contributed by atoms with van der Waals surface area (Å²) in [5, 5.41) is 3.28. The van der Waals surface area contributed by atoms with Gasteiger partial charge in [0.2, 0.25) is 0 Å². The molecule has 0 saturated heterocycles. The van der Waals surface area contributed by atoms with Crippen LogP contribution in [-0.2, 0) is 11.3 Å². The van der Waals surface area contributed by atoms with E-state index in [2.05, 4.69) is 5.32 Å². The van der Waals surface area contributed by atoms with Gasteiger partial charge in [-0.05, 0) is 12.1 Å². The van der Waals surface area contributed by atoms with Crippen molar-refractivity contribution in [3.8, 4) is 5.75 Å². The fourth-order valence-electron chi connectivity index (χ4n) is 1.36. The topological polar surface area (TPSA) is 30.5 Å². The lowest BCUT2D eigenvalue weighted by atomic mass is 10.2. The molecule has 1 aromatic rings. The molecule has 0 amide bonds. The van der Waals surface area contributed by atoms with Crippen molar-refractivity contribution < 1.29 is 9.47 Å². The first-order valence-corrected chi connectivity index (χ1v) is 5.97. The monoisotopic (exact) mass is 255 g/mol. The number of hydrogen-bond acceptors (Lipinski definition) is 3. The Morgan fingerprint density at radius 3 is 2.94 bits per heavy atom. The summed E-state index contributed by atoms with van der Waals surface area (Å²) in [5.74, 6) is 0.882. The van der Waals surface area contributed by atoms with Gasteiger partial charge >= 0.3 is 0 Å². The molecule has 0 unspecified atom stereocenters. The highest BCUT2D eigenvalue weighted by atomic mass is 35.5. The van der Waals surface area contributed by atoms with E-state index >= 15 is 0 Å². The summed E-state index contributed by atoms with van der Waals surface area (Å²) in [6.45, 7) is 2.78. The lowest BCUT2D eigenvalue weighted by Gasteiger charge is -2.10. The average molecular weight is 256 g/mol. The number of nitrogens with one attached hydrogen (secondary N) is 1. The average Bonchev–Trinajstić information content (AvgIpc) is 2.36. The Kier molecular flexibility index (Phi) is 7.47. The number of rotatable bonds is 8. The summed E-state index contributed by atoms with van der Waals surface area (Å²) in [7, 11) is 1.69. The van der Waals surface area contributed by atoms with Crippen LogP contribution in [-0.4, -0.2) is 26.9 Å². The Morgan fingerprint density at radius 1 is 1.35 bits per heavy atom. The minimum Gasteiger partial charge on any atom is -0.489 e.